The number of ketones is 1. The molecule has 0 aromatic heterocycles. The highest BCUT2D eigenvalue weighted by Crippen LogP contribution is 2.34. The molecule has 1 atom stereocenters. The van der Waals surface area contributed by atoms with Gasteiger partial charge >= 0.3 is 6.18 Å². The van der Waals surface area contributed by atoms with Gasteiger partial charge in [-0.05, 0) is 46.9 Å². The lowest BCUT2D eigenvalue weighted by Crippen LogP contribution is -2.19. The Morgan fingerprint density at radius 1 is 0.966 bits per heavy atom. The van der Waals surface area contributed by atoms with Gasteiger partial charge in [-0.15, -0.1) is 0 Å². The Labute approximate surface area is 165 Å². The number of nitrogens with two attached hydrogens (primary N) is 1. The van der Waals surface area contributed by atoms with Crippen molar-refractivity contribution in [3.8, 4) is 0 Å². The summed E-state index contributed by atoms with van der Waals surface area (Å²) < 4.78 is 44.5. The van der Waals surface area contributed by atoms with Crippen molar-refractivity contribution in [1.29, 1.82) is 0 Å². The maximum absolute atomic E-state index is 13.0. The zero-order chi connectivity index (χ0) is 20.6. The van der Waals surface area contributed by atoms with Crippen molar-refractivity contribution >= 4 is 22.1 Å². The van der Waals surface area contributed by atoms with Crippen LogP contribution in [0.1, 0.15) is 23.1 Å². The van der Waals surface area contributed by atoms with Gasteiger partial charge in [0.15, 0.2) is 12.0 Å². The summed E-state index contributed by atoms with van der Waals surface area (Å²) >= 11 is 0. The van der Waals surface area contributed by atoms with Gasteiger partial charge in [0.05, 0.1) is 11.1 Å². The first-order chi connectivity index (χ1) is 13.8. The summed E-state index contributed by atoms with van der Waals surface area (Å²) in [7, 11) is 0. The van der Waals surface area contributed by atoms with Gasteiger partial charge in [-0.2, -0.15) is 13.2 Å². The van der Waals surface area contributed by atoms with E-state index in [9.17, 15) is 18.0 Å². The fraction of sp³-hybridized carbons (Fsp3) is 0.174. The van der Waals surface area contributed by atoms with Crippen molar-refractivity contribution in [3.63, 3.8) is 0 Å². The van der Waals surface area contributed by atoms with Crippen LogP contribution in [-0.4, -0.2) is 11.9 Å². The van der Waals surface area contributed by atoms with E-state index >= 15 is 0 Å². The van der Waals surface area contributed by atoms with E-state index in [1.165, 1.54) is 12.1 Å². The summed E-state index contributed by atoms with van der Waals surface area (Å²) in [4.78, 5) is 12.8. The summed E-state index contributed by atoms with van der Waals surface area (Å²) in [5.74, 6) is -0.515. The van der Waals surface area contributed by atoms with Crippen LogP contribution in [0.4, 0.5) is 13.2 Å². The third-order valence-electron chi connectivity index (χ3n) is 5.09. The average molecular weight is 397 g/mol. The number of alkyl halides is 3. The molecule has 0 radical (unpaired) electrons. The third kappa shape index (κ3) is 3.70. The standard InChI is InChI=1S/C23H18F3NO2/c24-23(25,26)17-9-4-8-16(13-17)20-21(28)19(29-22(20)27)12-11-15-7-3-6-14-5-1-2-10-18(14)15/h1-10,13,19H,11-12,27H2. The predicted molar refractivity (Wildman–Crippen MR) is 105 cm³/mol. The van der Waals surface area contributed by atoms with Crippen LogP contribution in [0.2, 0.25) is 0 Å². The number of Topliss-reactive ketones (excluding diaryl/α,β-unsaturated/α-hetero) is 1. The van der Waals surface area contributed by atoms with E-state index in [1.807, 2.05) is 42.5 Å². The van der Waals surface area contributed by atoms with Gasteiger partial charge in [0.25, 0.3) is 0 Å². The molecule has 0 saturated carbocycles. The molecule has 2 N–H and O–H groups in total. The number of ether oxygens (including phenoxy) is 1. The first kappa shape index (κ1) is 19.1. The van der Waals surface area contributed by atoms with Crippen LogP contribution in [0.15, 0.2) is 72.6 Å². The van der Waals surface area contributed by atoms with Crippen LogP contribution in [-0.2, 0) is 22.1 Å². The second kappa shape index (κ2) is 7.28. The van der Waals surface area contributed by atoms with E-state index in [4.69, 9.17) is 10.5 Å². The van der Waals surface area contributed by atoms with E-state index in [-0.39, 0.29) is 22.8 Å². The fourth-order valence-electron chi connectivity index (χ4n) is 3.67. The molecule has 148 valence electrons. The minimum absolute atomic E-state index is 0.0130. The van der Waals surface area contributed by atoms with Crippen LogP contribution in [0.25, 0.3) is 16.3 Å². The quantitative estimate of drug-likeness (QED) is 0.667. The number of hydrogen-bond donors (Lipinski definition) is 1. The minimum atomic E-state index is -4.50. The van der Waals surface area contributed by atoms with Crippen molar-refractivity contribution in [1.82, 2.24) is 0 Å². The second-order valence-electron chi connectivity index (χ2n) is 6.97. The van der Waals surface area contributed by atoms with Crippen LogP contribution < -0.4 is 5.73 Å². The summed E-state index contributed by atoms with van der Waals surface area (Å²) in [6.45, 7) is 0. The van der Waals surface area contributed by atoms with E-state index in [1.54, 1.807) is 0 Å². The van der Waals surface area contributed by atoms with Crippen LogP contribution in [0.3, 0.4) is 0 Å². The monoisotopic (exact) mass is 397 g/mol. The molecule has 29 heavy (non-hydrogen) atoms. The average Bonchev–Trinajstić information content (AvgIpc) is 2.99. The number of halogens is 3. The molecule has 1 aliphatic rings. The summed E-state index contributed by atoms with van der Waals surface area (Å²) in [5.41, 5.74) is 6.24. The fourth-order valence-corrected chi connectivity index (χ4v) is 3.67. The Balaban J connectivity index is 1.54. The molecule has 3 aromatic carbocycles. The van der Waals surface area contributed by atoms with Crippen molar-refractivity contribution in [2.24, 2.45) is 5.73 Å². The first-order valence-electron chi connectivity index (χ1n) is 9.19. The largest absolute Gasteiger partial charge is 0.467 e. The van der Waals surface area contributed by atoms with Gasteiger partial charge in [-0.1, -0.05) is 54.6 Å². The Kier molecular flexibility index (Phi) is 4.78. The van der Waals surface area contributed by atoms with E-state index in [0.29, 0.717) is 12.8 Å². The van der Waals surface area contributed by atoms with Crippen LogP contribution in [0.5, 0.6) is 0 Å². The zero-order valence-corrected chi connectivity index (χ0v) is 15.4. The number of carbonyl (C=O) groups is 1. The summed E-state index contributed by atoms with van der Waals surface area (Å²) in [6, 6.07) is 18.5. The Morgan fingerprint density at radius 2 is 1.69 bits per heavy atom. The maximum Gasteiger partial charge on any atom is 0.416 e. The molecule has 0 saturated heterocycles. The second-order valence-corrected chi connectivity index (χ2v) is 6.97. The van der Waals surface area contributed by atoms with Crippen molar-refractivity contribution in [2.45, 2.75) is 25.1 Å². The number of rotatable bonds is 4. The van der Waals surface area contributed by atoms with Crippen LogP contribution >= 0.6 is 0 Å². The molecule has 1 aliphatic heterocycles. The van der Waals surface area contributed by atoms with Crippen LogP contribution in [0, 0.1) is 0 Å². The number of fused-ring (bicyclic) bond motifs is 1. The highest BCUT2D eigenvalue weighted by Gasteiger charge is 2.36. The van der Waals surface area contributed by atoms with Crippen molar-refractivity contribution in [3.05, 3.63) is 89.3 Å². The van der Waals surface area contributed by atoms with Gasteiger partial charge in [-0.25, -0.2) is 0 Å². The molecule has 0 amide bonds. The minimum Gasteiger partial charge on any atom is -0.467 e. The van der Waals surface area contributed by atoms with Crippen molar-refractivity contribution < 1.29 is 22.7 Å². The third-order valence-corrected chi connectivity index (χ3v) is 5.09. The normalized spacial score (nSPS) is 17.1. The Bertz CT molecular complexity index is 1110. The lowest BCUT2D eigenvalue weighted by Gasteiger charge is -2.12. The number of carbonyl (C=O) groups excluding carboxylic acids is 1. The number of hydrogen-bond acceptors (Lipinski definition) is 3. The molecule has 1 heterocycles. The SMILES string of the molecule is NC1=C(c2cccc(C(F)(F)F)c2)C(=O)C(CCc2cccc3ccccc23)O1. The molecule has 3 aromatic rings. The zero-order valence-electron chi connectivity index (χ0n) is 15.4. The molecule has 3 nitrogen and oxygen atoms in total. The van der Waals surface area contributed by atoms with Gasteiger partial charge in [-0.3, -0.25) is 4.79 Å². The maximum atomic E-state index is 13.0. The Morgan fingerprint density at radius 3 is 2.48 bits per heavy atom. The van der Waals surface area contributed by atoms with E-state index < -0.39 is 17.8 Å². The number of aryl methyl sites for hydroxylation is 1. The predicted octanol–water partition coefficient (Wildman–Crippen LogP) is 5.09. The van der Waals surface area contributed by atoms with Gasteiger partial charge in [0, 0.05) is 0 Å². The first-order valence-corrected chi connectivity index (χ1v) is 9.19. The molecular weight excluding hydrogens is 379 g/mol. The van der Waals surface area contributed by atoms with E-state index in [2.05, 4.69) is 0 Å². The smallest absolute Gasteiger partial charge is 0.416 e. The van der Waals surface area contributed by atoms with Gasteiger partial charge < -0.3 is 10.5 Å². The molecule has 0 spiro atoms. The highest BCUT2D eigenvalue weighted by molar-refractivity contribution is 6.25. The lowest BCUT2D eigenvalue weighted by molar-refractivity contribution is -0.137. The highest BCUT2D eigenvalue weighted by atomic mass is 19.4. The summed E-state index contributed by atoms with van der Waals surface area (Å²) in [5, 5.41) is 2.20. The van der Waals surface area contributed by atoms with E-state index in [0.717, 1.165) is 28.5 Å². The topological polar surface area (TPSA) is 52.3 Å². The molecule has 1 unspecified atom stereocenters. The molecular formula is C23H18F3NO2. The molecule has 0 fully saturated rings. The number of benzene rings is 3. The molecule has 4 rings (SSSR count). The van der Waals surface area contributed by atoms with Gasteiger partial charge in [0.1, 0.15) is 0 Å². The molecule has 0 bridgehead atoms. The lowest BCUT2D eigenvalue weighted by atomic mass is 9.95. The van der Waals surface area contributed by atoms with Gasteiger partial charge in [0.2, 0.25) is 5.78 Å². The van der Waals surface area contributed by atoms with Crippen molar-refractivity contribution in [2.75, 3.05) is 0 Å². The Hall–Kier alpha value is -3.28. The molecule has 0 aliphatic carbocycles. The molecule has 6 heteroatoms. The summed E-state index contributed by atoms with van der Waals surface area (Å²) in [6.07, 6.45) is -4.34.